The fourth-order valence-corrected chi connectivity index (χ4v) is 1.35. The average molecular weight is 125 g/mol. The molecule has 0 saturated carbocycles. The van der Waals surface area contributed by atoms with E-state index in [9.17, 15) is 0 Å². The van der Waals surface area contributed by atoms with Crippen LogP contribution in [0.3, 0.4) is 0 Å². The minimum absolute atomic E-state index is 1.13. The number of thioether (sulfide) groups is 1. The van der Waals surface area contributed by atoms with E-state index in [1.807, 2.05) is 0 Å². The third-order valence-electron chi connectivity index (χ3n) is 1.03. The van der Waals surface area contributed by atoms with Crippen molar-refractivity contribution in [2.75, 3.05) is 5.75 Å². The Kier molecular flexibility index (Phi) is 2.22. The molecule has 0 aromatic rings. The Balaban J connectivity index is 2.46. The molecular weight excluding hydrogens is 116 g/mol. The van der Waals surface area contributed by atoms with Crippen LogP contribution in [0.4, 0.5) is 0 Å². The lowest BCUT2D eigenvalue weighted by Crippen LogP contribution is -1.73. The first-order valence-corrected chi connectivity index (χ1v) is 3.81. The van der Waals surface area contributed by atoms with Crippen LogP contribution in [0.15, 0.2) is 17.7 Å². The van der Waals surface area contributed by atoms with Crippen LogP contribution in [-0.4, -0.2) is 5.75 Å². The van der Waals surface area contributed by atoms with E-state index < -0.39 is 0 Å². The molecule has 43 valence electrons. The van der Waals surface area contributed by atoms with Crippen molar-refractivity contribution < 1.29 is 0 Å². The first-order chi connectivity index (χ1) is 3.93. The van der Waals surface area contributed by atoms with Crippen LogP contribution in [0.5, 0.6) is 0 Å². The van der Waals surface area contributed by atoms with Gasteiger partial charge >= 0.3 is 0 Å². The van der Waals surface area contributed by atoms with Crippen molar-refractivity contribution in [3.8, 4) is 0 Å². The molecule has 1 rings (SSSR count). The Morgan fingerprint density at radius 2 is 2.88 bits per heavy atom. The molecule has 0 aliphatic carbocycles. The quantitative estimate of drug-likeness (QED) is 0.518. The highest BCUT2D eigenvalue weighted by Gasteiger charge is 1.96. The largest absolute Gasteiger partial charge is 0.120 e. The van der Waals surface area contributed by atoms with Crippen LogP contribution >= 0.6 is 11.8 Å². The normalized spacial score (nSPS) is 22.9. The van der Waals surface area contributed by atoms with Gasteiger partial charge in [0.25, 0.3) is 0 Å². The van der Waals surface area contributed by atoms with Crippen LogP contribution in [0.25, 0.3) is 0 Å². The third-order valence-corrected chi connectivity index (χ3v) is 1.79. The van der Waals surface area contributed by atoms with E-state index in [0.717, 1.165) is 12.2 Å². The second-order valence-electron chi connectivity index (χ2n) is 1.74. The van der Waals surface area contributed by atoms with Crippen molar-refractivity contribution in [3.05, 3.63) is 23.1 Å². The van der Waals surface area contributed by atoms with Gasteiger partial charge in [0.2, 0.25) is 0 Å². The van der Waals surface area contributed by atoms with E-state index in [1.54, 1.807) is 11.8 Å². The standard InChI is InChI=1S/C7H9S/c1-2-3-7-4-5-8-6-7/h3-4H,2,6H2,1H3. The van der Waals surface area contributed by atoms with E-state index in [0.29, 0.717) is 0 Å². The fourth-order valence-electron chi connectivity index (χ4n) is 0.664. The summed E-state index contributed by atoms with van der Waals surface area (Å²) < 4.78 is 0. The smallest absolute Gasteiger partial charge is 0.0229 e. The average Bonchev–Trinajstić information content (AvgIpc) is 2.19. The van der Waals surface area contributed by atoms with E-state index in [1.165, 1.54) is 5.57 Å². The molecule has 1 aliphatic heterocycles. The van der Waals surface area contributed by atoms with Gasteiger partial charge in [-0.3, -0.25) is 0 Å². The third kappa shape index (κ3) is 1.41. The highest BCUT2D eigenvalue weighted by atomic mass is 32.2. The maximum atomic E-state index is 3.08. The van der Waals surface area contributed by atoms with Crippen molar-refractivity contribution in [2.24, 2.45) is 0 Å². The van der Waals surface area contributed by atoms with Crippen molar-refractivity contribution in [3.63, 3.8) is 0 Å². The van der Waals surface area contributed by atoms with Gasteiger partial charge in [0.05, 0.1) is 0 Å². The molecule has 1 aliphatic rings. The van der Waals surface area contributed by atoms with Crippen molar-refractivity contribution in [1.82, 2.24) is 0 Å². The molecule has 0 amide bonds. The van der Waals surface area contributed by atoms with Crippen LogP contribution in [0, 0.1) is 5.41 Å². The maximum Gasteiger partial charge on any atom is 0.0229 e. The molecule has 0 aromatic carbocycles. The summed E-state index contributed by atoms with van der Waals surface area (Å²) in [7, 11) is 0. The molecule has 1 heteroatoms. The molecule has 0 N–H and O–H groups in total. The summed E-state index contributed by atoms with van der Waals surface area (Å²) in [5, 5.41) is 3.08. The van der Waals surface area contributed by atoms with Crippen molar-refractivity contribution in [1.29, 1.82) is 0 Å². The molecule has 0 spiro atoms. The molecule has 8 heavy (non-hydrogen) atoms. The van der Waals surface area contributed by atoms with Gasteiger partial charge in [-0.1, -0.05) is 13.0 Å². The predicted octanol–water partition coefficient (Wildman–Crippen LogP) is 2.39. The zero-order valence-corrected chi connectivity index (χ0v) is 5.79. The first-order valence-electron chi connectivity index (χ1n) is 2.83. The van der Waals surface area contributed by atoms with Crippen LogP contribution in [0.1, 0.15) is 13.3 Å². The summed E-state index contributed by atoms with van der Waals surface area (Å²) in [6, 6.07) is 0. The SMILES string of the molecule is CCC=C1C=[C]SC1. The summed E-state index contributed by atoms with van der Waals surface area (Å²) in [5.41, 5.74) is 1.43. The van der Waals surface area contributed by atoms with Crippen LogP contribution in [0.2, 0.25) is 0 Å². The van der Waals surface area contributed by atoms with Gasteiger partial charge in [0.15, 0.2) is 0 Å². The zero-order chi connectivity index (χ0) is 5.82. The van der Waals surface area contributed by atoms with Gasteiger partial charge in [-0.2, -0.15) is 0 Å². The lowest BCUT2D eigenvalue weighted by molar-refractivity contribution is 1.20. The van der Waals surface area contributed by atoms with E-state index >= 15 is 0 Å². The summed E-state index contributed by atoms with van der Waals surface area (Å²) in [6.45, 7) is 2.16. The van der Waals surface area contributed by atoms with Gasteiger partial charge in [0.1, 0.15) is 0 Å². The van der Waals surface area contributed by atoms with Crippen molar-refractivity contribution >= 4 is 11.8 Å². The highest BCUT2D eigenvalue weighted by molar-refractivity contribution is 8.01. The molecular formula is C7H9S. The molecule has 1 heterocycles. The van der Waals surface area contributed by atoms with Crippen LogP contribution < -0.4 is 0 Å². The lowest BCUT2D eigenvalue weighted by Gasteiger charge is -1.86. The Hall–Kier alpha value is -0.170. The highest BCUT2D eigenvalue weighted by Crippen LogP contribution is 2.18. The molecule has 0 saturated heterocycles. The predicted molar refractivity (Wildman–Crippen MR) is 38.6 cm³/mol. The Morgan fingerprint density at radius 3 is 3.38 bits per heavy atom. The Morgan fingerprint density at radius 1 is 2.00 bits per heavy atom. The Bertz CT molecular complexity index is 122. The fraction of sp³-hybridized carbons (Fsp3) is 0.429. The number of allylic oxidation sites excluding steroid dienone is 2. The summed E-state index contributed by atoms with van der Waals surface area (Å²) in [4.78, 5) is 0. The van der Waals surface area contributed by atoms with E-state index in [4.69, 9.17) is 0 Å². The molecule has 1 radical (unpaired) electrons. The first kappa shape index (κ1) is 5.96. The summed E-state index contributed by atoms with van der Waals surface area (Å²) in [5.74, 6) is 1.13. The van der Waals surface area contributed by atoms with Gasteiger partial charge in [-0.05, 0) is 18.1 Å². The van der Waals surface area contributed by atoms with Crippen molar-refractivity contribution in [2.45, 2.75) is 13.3 Å². The number of hydrogen-bond acceptors (Lipinski definition) is 1. The number of hydrogen-bond donors (Lipinski definition) is 0. The minimum Gasteiger partial charge on any atom is -0.120 e. The van der Waals surface area contributed by atoms with Gasteiger partial charge < -0.3 is 0 Å². The Labute approximate surface area is 54.7 Å². The number of rotatable bonds is 1. The molecule has 0 atom stereocenters. The molecule has 0 fully saturated rings. The second kappa shape index (κ2) is 2.98. The van der Waals surface area contributed by atoms with Crippen LogP contribution in [-0.2, 0) is 0 Å². The van der Waals surface area contributed by atoms with E-state index in [-0.39, 0.29) is 0 Å². The summed E-state index contributed by atoms with van der Waals surface area (Å²) in [6.07, 6.45) is 5.45. The zero-order valence-electron chi connectivity index (χ0n) is 4.98. The van der Waals surface area contributed by atoms with Gasteiger partial charge in [0, 0.05) is 11.2 Å². The minimum atomic E-state index is 1.13. The monoisotopic (exact) mass is 125 g/mol. The lowest BCUT2D eigenvalue weighted by atomic mass is 10.2. The maximum absolute atomic E-state index is 3.08. The topological polar surface area (TPSA) is 0 Å². The summed E-state index contributed by atoms with van der Waals surface area (Å²) >= 11 is 1.75. The van der Waals surface area contributed by atoms with Gasteiger partial charge in [-0.25, -0.2) is 0 Å². The molecule has 0 nitrogen and oxygen atoms in total. The second-order valence-corrected chi connectivity index (χ2v) is 2.55. The van der Waals surface area contributed by atoms with Gasteiger partial charge in [-0.15, -0.1) is 11.8 Å². The van der Waals surface area contributed by atoms with E-state index in [2.05, 4.69) is 24.5 Å². The molecule has 0 bridgehead atoms. The molecule has 0 unspecified atom stereocenters. The molecule has 0 aromatic heterocycles.